The molecule has 0 unspecified atom stereocenters. The number of hydrogen-bond donors (Lipinski definition) is 2. The van der Waals surface area contributed by atoms with Gasteiger partial charge in [0, 0.05) is 36.3 Å². The molecule has 11 heteroatoms. The van der Waals surface area contributed by atoms with Crippen LogP contribution in [0.4, 0.5) is 27.5 Å². The average molecular weight is 477 g/mol. The molecule has 3 heterocycles. The summed E-state index contributed by atoms with van der Waals surface area (Å²) in [6, 6.07) is 12.3. The molecule has 0 atom stereocenters. The number of phenols is 1. The number of halogens is 1. The Balaban J connectivity index is 1.57. The lowest BCUT2D eigenvalue weighted by atomic mass is 10.1. The first-order chi connectivity index (χ1) is 17.0. The normalized spacial score (nSPS) is 14.0. The first kappa shape index (κ1) is 22.3. The van der Waals surface area contributed by atoms with Crippen LogP contribution in [0.2, 0.25) is 0 Å². The number of phenolic OH excluding ortho intramolecular Hbond substituents is 1. The van der Waals surface area contributed by atoms with Crippen molar-refractivity contribution in [3.8, 4) is 5.75 Å². The number of nitrogens with one attached hydrogen (secondary N) is 1. The van der Waals surface area contributed by atoms with Crippen LogP contribution < -0.4 is 10.2 Å². The first-order valence-electron chi connectivity index (χ1n) is 10.8. The minimum absolute atomic E-state index is 0.0768. The van der Waals surface area contributed by atoms with Crippen molar-refractivity contribution in [2.75, 3.05) is 36.5 Å². The van der Waals surface area contributed by atoms with Crippen LogP contribution in [0.3, 0.4) is 0 Å². The van der Waals surface area contributed by atoms with Gasteiger partial charge in [-0.3, -0.25) is 10.1 Å². The molecule has 2 aromatic carbocycles. The number of ether oxygens (including phenoxy) is 1. The molecule has 1 aliphatic heterocycles. The van der Waals surface area contributed by atoms with E-state index in [4.69, 9.17) is 9.15 Å². The predicted octanol–water partition coefficient (Wildman–Crippen LogP) is 4.73. The van der Waals surface area contributed by atoms with Gasteiger partial charge in [0.2, 0.25) is 0 Å². The fraction of sp³-hybridized carbons (Fsp3) is 0.167. The van der Waals surface area contributed by atoms with Gasteiger partial charge in [0.1, 0.15) is 28.1 Å². The lowest BCUT2D eigenvalue weighted by Gasteiger charge is -2.29. The van der Waals surface area contributed by atoms with E-state index < -0.39 is 10.7 Å². The Morgan fingerprint density at radius 1 is 1.11 bits per heavy atom. The number of nitrogens with zero attached hydrogens (tertiary/aromatic N) is 4. The van der Waals surface area contributed by atoms with Crippen LogP contribution in [0, 0.1) is 15.9 Å². The molecule has 0 amide bonds. The van der Waals surface area contributed by atoms with E-state index in [1.165, 1.54) is 36.4 Å². The predicted molar refractivity (Wildman–Crippen MR) is 128 cm³/mol. The Hall–Kier alpha value is -4.51. The van der Waals surface area contributed by atoms with Crippen LogP contribution in [0.1, 0.15) is 11.6 Å². The van der Waals surface area contributed by atoms with Crippen LogP contribution in [0.5, 0.6) is 5.75 Å². The summed E-state index contributed by atoms with van der Waals surface area (Å²) in [5.41, 5.74) is 1.37. The van der Waals surface area contributed by atoms with E-state index in [9.17, 15) is 15.2 Å². The summed E-state index contributed by atoms with van der Waals surface area (Å²) in [4.78, 5) is 21.1. The summed E-state index contributed by atoms with van der Waals surface area (Å²) in [7, 11) is 0. The van der Waals surface area contributed by atoms with Crippen molar-refractivity contribution in [1.29, 1.82) is 0 Å². The van der Waals surface area contributed by atoms with Crippen molar-refractivity contribution in [3.63, 3.8) is 0 Å². The fourth-order valence-electron chi connectivity index (χ4n) is 3.78. The minimum atomic E-state index is -0.629. The molecule has 4 aromatic rings. The molecule has 35 heavy (non-hydrogen) atoms. The van der Waals surface area contributed by atoms with Crippen molar-refractivity contribution in [3.05, 3.63) is 76.0 Å². The van der Waals surface area contributed by atoms with Gasteiger partial charge in [0.05, 0.1) is 30.5 Å². The van der Waals surface area contributed by atoms with Crippen LogP contribution in [0.15, 0.2) is 52.9 Å². The Labute approximate surface area is 198 Å². The molecular weight excluding hydrogens is 457 g/mol. The molecule has 1 saturated heterocycles. The number of fused-ring (bicyclic) bond motifs is 1. The quantitative estimate of drug-likeness (QED) is 0.299. The number of morpholine rings is 1. The highest BCUT2D eigenvalue weighted by atomic mass is 19.1. The molecule has 0 aliphatic carbocycles. The summed E-state index contributed by atoms with van der Waals surface area (Å²) in [5.74, 6) is 0.161. The summed E-state index contributed by atoms with van der Waals surface area (Å²) in [5, 5.41) is 24.4. The number of hydrogen-bond acceptors (Lipinski definition) is 9. The van der Waals surface area contributed by atoms with E-state index in [0.717, 1.165) is 0 Å². The monoisotopic (exact) mass is 477 g/mol. The van der Waals surface area contributed by atoms with Gasteiger partial charge < -0.3 is 24.5 Å². The largest absolute Gasteiger partial charge is 0.508 e. The standard InChI is InChI=1S/C24H20FN5O5/c25-19-14-20-18(13-21(19)29-8-10-34-11-9-29)24(26-15-2-1-3-16(31)12-15)28-22(27-20)6-4-17-5-7-23(35-17)30(32)33/h1-7,12-14,31H,8-11H2,(H,26,27,28). The number of furan rings is 1. The van der Waals surface area contributed by atoms with E-state index >= 15 is 4.39 Å². The Morgan fingerprint density at radius 3 is 2.69 bits per heavy atom. The average Bonchev–Trinajstić information content (AvgIpc) is 3.32. The van der Waals surface area contributed by atoms with Crippen molar-refractivity contribution in [1.82, 2.24) is 9.97 Å². The summed E-state index contributed by atoms with van der Waals surface area (Å²) in [6.45, 7) is 2.15. The van der Waals surface area contributed by atoms with Crippen LogP contribution >= 0.6 is 0 Å². The van der Waals surface area contributed by atoms with E-state index in [1.54, 1.807) is 24.3 Å². The maximum atomic E-state index is 15.1. The summed E-state index contributed by atoms with van der Waals surface area (Å²) in [6.07, 6.45) is 3.01. The fourth-order valence-corrected chi connectivity index (χ4v) is 3.78. The second-order valence-electron chi connectivity index (χ2n) is 7.79. The van der Waals surface area contributed by atoms with E-state index in [2.05, 4.69) is 15.3 Å². The van der Waals surface area contributed by atoms with Crippen LogP contribution in [-0.4, -0.2) is 46.3 Å². The Kier molecular flexibility index (Phi) is 5.98. The molecule has 0 bridgehead atoms. The third kappa shape index (κ3) is 4.89. The number of benzene rings is 2. The highest BCUT2D eigenvalue weighted by molar-refractivity contribution is 5.94. The maximum absolute atomic E-state index is 15.1. The van der Waals surface area contributed by atoms with Crippen molar-refractivity contribution in [2.24, 2.45) is 0 Å². The lowest BCUT2D eigenvalue weighted by Crippen LogP contribution is -2.36. The molecule has 1 fully saturated rings. The second kappa shape index (κ2) is 9.39. The summed E-state index contributed by atoms with van der Waals surface area (Å²) < 4.78 is 25.6. The maximum Gasteiger partial charge on any atom is 0.433 e. The zero-order valence-electron chi connectivity index (χ0n) is 18.3. The number of nitro groups is 1. The molecule has 1 aliphatic rings. The van der Waals surface area contributed by atoms with Gasteiger partial charge in [0.15, 0.2) is 5.82 Å². The third-order valence-corrected chi connectivity index (χ3v) is 5.43. The second-order valence-corrected chi connectivity index (χ2v) is 7.79. The van der Waals surface area contributed by atoms with Crippen molar-refractivity contribution < 1.29 is 23.6 Å². The molecule has 178 valence electrons. The van der Waals surface area contributed by atoms with E-state index in [0.29, 0.717) is 54.4 Å². The topological polar surface area (TPSA) is 127 Å². The highest BCUT2D eigenvalue weighted by Crippen LogP contribution is 2.32. The Bertz CT molecular complexity index is 1430. The van der Waals surface area contributed by atoms with Gasteiger partial charge in [-0.1, -0.05) is 6.07 Å². The minimum Gasteiger partial charge on any atom is -0.508 e. The van der Waals surface area contributed by atoms with Gasteiger partial charge in [-0.25, -0.2) is 14.4 Å². The number of aromatic nitrogens is 2. The smallest absolute Gasteiger partial charge is 0.433 e. The van der Waals surface area contributed by atoms with Gasteiger partial charge >= 0.3 is 5.88 Å². The molecule has 5 rings (SSSR count). The zero-order valence-corrected chi connectivity index (χ0v) is 18.3. The third-order valence-electron chi connectivity index (χ3n) is 5.43. The first-order valence-corrected chi connectivity index (χ1v) is 10.8. The van der Waals surface area contributed by atoms with E-state index in [-0.39, 0.29) is 23.2 Å². The van der Waals surface area contributed by atoms with Crippen molar-refractivity contribution >= 4 is 46.1 Å². The summed E-state index contributed by atoms with van der Waals surface area (Å²) >= 11 is 0. The number of anilines is 3. The van der Waals surface area contributed by atoms with E-state index in [1.807, 2.05) is 4.90 Å². The molecule has 0 radical (unpaired) electrons. The van der Waals surface area contributed by atoms with Crippen LogP contribution in [-0.2, 0) is 4.74 Å². The zero-order chi connectivity index (χ0) is 24.4. The molecule has 10 nitrogen and oxygen atoms in total. The number of rotatable bonds is 6. The van der Waals surface area contributed by atoms with Gasteiger partial charge in [-0.2, -0.15) is 0 Å². The molecule has 0 saturated carbocycles. The SMILES string of the molecule is O=[N+]([O-])c1ccc(C=Cc2nc(Nc3cccc(O)c3)c3cc(N4CCOCC4)c(F)cc3n2)o1. The van der Waals surface area contributed by atoms with Gasteiger partial charge in [0.25, 0.3) is 0 Å². The molecule has 2 aromatic heterocycles. The molecule has 0 spiro atoms. The van der Waals surface area contributed by atoms with Gasteiger partial charge in [-0.15, -0.1) is 0 Å². The highest BCUT2D eigenvalue weighted by Gasteiger charge is 2.19. The van der Waals surface area contributed by atoms with Gasteiger partial charge in [-0.05, 0) is 36.4 Å². The lowest BCUT2D eigenvalue weighted by molar-refractivity contribution is -0.402. The number of aromatic hydroxyl groups is 1. The van der Waals surface area contributed by atoms with Crippen LogP contribution in [0.25, 0.3) is 23.1 Å². The van der Waals surface area contributed by atoms with Crippen molar-refractivity contribution in [2.45, 2.75) is 0 Å². The molecular formula is C24H20FN5O5. The Morgan fingerprint density at radius 2 is 1.94 bits per heavy atom. The molecule has 2 N–H and O–H groups in total.